The van der Waals surface area contributed by atoms with E-state index in [1.807, 2.05) is 18.2 Å². The second-order valence-corrected chi connectivity index (χ2v) is 7.76. The highest BCUT2D eigenvalue weighted by molar-refractivity contribution is 5.90. The Morgan fingerprint density at radius 1 is 0.960 bits per heavy atom. The fourth-order valence-electron chi connectivity index (χ4n) is 3.11. The summed E-state index contributed by atoms with van der Waals surface area (Å²) in [4.78, 5) is 16.3. The highest BCUT2D eigenvalue weighted by Crippen LogP contribution is 2.12. The molecule has 142 valence electrons. The zero-order valence-electron chi connectivity index (χ0n) is 16.6. The lowest BCUT2D eigenvalue weighted by atomic mass is 10.1. The molecule has 0 spiro atoms. The average Bonchev–Trinajstić information content (AvgIpc) is 2.57. The maximum Gasteiger partial charge on any atom is 0.280 e. The second kappa shape index (κ2) is 12.9. The molecule has 0 fully saturated rings. The van der Waals surface area contributed by atoms with Gasteiger partial charge in [0.25, 0.3) is 5.91 Å². The summed E-state index contributed by atoms with van der Waals surface area (Å²) in [6.07, 6.45) is 15.2. The van der Waals surface area contributed by atoms with Crippen molar-refractivity contribution in [3.8, 4) is 0 Å². The van der Waals surface area contributed by atoms with Crippen molar-refractivity contribution >= 4 is 11.7 Å². The molecule has 0 saturated carbocycles. The van der Waals surface area contributed by atoms with Crippen molar-refractivity contribution < 1.29 is 9.28 Å². The van der Waals surface area contributed by atoms with Gasteiger partial charge in [-0.25, -0.2) is 4.98 Å². The van der Waals surface area contributed by atoms with E-state index >= 15 is 0 Å². The van der Waals surface area contributed by atoms with Crippen molar-refractivity contribution in [2.24, 2.45) is 0 Å². The zero-order chi connectivity index (χ0) is 18.4. The third-order valence-electron chi connectivity index (χ3n) is 4.62. The van der Waals surface area contributed by atoms with Gasteiger partial charge in [-0.3, -0.25) is 4.79 Å². The molecule has 0 unspecified atom stereocenters. The smallest absolute Gasteiger partial charge is 0.280 e. The largest absolute Gasteiger partial charge is 0.321 e. The molecule has 1 N–H and O–H groups in total. The van der Waals surface area contributed by atoms with Gasteiger partial charge in [0, 0.05) is 6.20 Å². The monoisotopic (exact) mass is 348 g/mol. The SMILES string of the molecule is CCCCCCCCCCCC[N+](C)(C)CC(=O)Nc1ccccn1. The van der Waals surface area contributed by atoms with Crippen LogP contribution in [0.1, 0.15) is 71.1 Å². The molecule has 1 amide bonds. The van der Waals surface area contributed by atoms with Crippen molar-refractivity contribution in [1.29, 1.82) is 0 Å². The molecular weight excluding hydrogens is 310 g/mol. The molecule has 0 aromatic carbocycles. The number of quaternary nitrogens is 1. The van der Waals surface area contributed by atoms with E-state index in [0.29, 0.717) is 12.4 Å². The predicted molar refractivity (Wildman–Crippen MR) is 107 cm³/mol. The Kier molecular flexibility index (Phi) is 11.1. The van der Waals surface area contributed by atoms with Gasteiger partial charge in [-0.2, -0.15) is 0 Å². The lowest BCUT2D eigenvalue weighted by molar-refractivity contribution is -0.882. The molecule has 1 rings (SSSR count). The quantitative estimate of drug-likeness (QED) is 0.379. The summed E-state index contributed by atoms with van der Waals surface area (Å²) in [6.45, 7) is 3.81. The molecule has 4 heteroatoms. The number of nitrogens with one attached hydrogen (secondary N) is 1. The number of likely N-dealkylation sites (N-methyl/N-ethyl adjacent to an activating group) is 1. The van der Waals surface area contributed by atoms with Crippen LogP contribution in [0.4, 0.5) is 5.82 Å². The van der Waals surface area contributed by atoms with Crippen LogP contribution in [0.25, 0.3) is 0 Å². The van der Waals surface area contributed by atoms with Gasteiger partial charge in [0.1, 0.15) is 5.82 Å². The van der Waals surface area contributed by atoms with Crippen LogP contribution in [0.5, 0.6) is 0 Å². The van der Waals surface area contributed by atoms with Crippen molar-refractivity contribution in [1.82, 2.24) is 4.98 Å². The van der Waals surface area contributed by atoms with Gasteiger partial charge in [-0.1, -0.05) is 64.4 Å². The van der Waals surface area contributed by atoms with E-state index in [-0.39, 0.29) is 5.91 Å². The molecule has 1 aromatic heterocycles. The van der Waals surface area contributed by atoms with Crippen LogP contribution in [-0.4, -0.2) is 42.6 Å². The normalized spacial score (nSPS) is 11.5. The number of unbranched alkanes of at least 4 members (excludes halogenated alkanes) is 9. The highest BCUT2D eigenvalue weighted by atomic mass is 16.2. The lowest BCUT2D eigenvalue weighted by Gasteiger charge is -2.29. The molecular formula is C21H38N3O+. The van der Waals surface area contributed by atoms with E-state index in [2.05, 4.69) is 31.3 Å². The average molecular weight is 349 g/mol. The Bertz CT molecular complexity index is 459. The summed E-state index contributed by atoms with van der Waals surface area (Å²) < 4.78 is 0.732. The molecule has 4 nitrogen and oxygen atoms in total. The first-order chi connectivity index (χ1) is 12.0. The van der Waals surface area contributed by atoms with Crippen LogP contribution in [0, 0.1) is 0 Å². The summed E-state index contributed by atoms with van der Waals surface area (Å²) in [6, 6.07) is 5.55. The van der Waals surface area contributed by atoms with E-state index in [1.165, 1.54) is 64.2 Å². The Labute approximate surface area is 154 Å². The number of hydrogen-bond acceptors (Lipinski definition) is 2. The number of carbonyl (C=O) groups excluding carboxylic acids is 1. The molecule has 0 aliphatic rings. The van der Waals surface area contributed by atoms with Gasteiger partial charge in [0.15, 0.2) is 6.54 Å². The van der Waals surface area contributed by atoms with Gasteiger partial charge >= 0.3 is 0 Å². The lowest BCUT2D eigenvalue weighted by Crippen LogP contribution is -2.46. The molecule has 0 bridgehead atoms. The maximum absolute atomic E-state index is 12.1. The van der Waals surface area contributed by atoms with Crippen LogP contribution < -0.4 is 5.32 Å². The van der Waals surface area contributed by atoms with E-state index in [0.717, 1.165) is 11.0 Å². The molecule has 0 aliphatic heterocycles. The van der Waals surface area contributed by atoms with Crippen LogP contribution in [0.15, 0.2) is 24.4 Å². The number of hydrogen-bond donors (Lipinski definition) is 1. The van der Waals surface area contributed by atoms with Crippen molar-refractivity contribution in [3.63, 3.8) is 0 Å². The summed E-state index contributed by atoms with van der Waals surface area (Å²) >= 11 is 0. The van der Waals surface area contributed by atoms with Crippen LogP contribution in [0.3, 0.4) is 0 Å². The first kappa shape index (κ1) is 21.6. The minimum absolute atomic E-state index is 0.0378. The zero-order valence-corrected chi connectivity index (χ0v) is 16.6. The number of pyridine rings is 1. The summed E-state index contributed by atoms with van der Waals surface area (Å²) in [7, 11) is 4.26. The van der Waals surface area contributed by atoms with Gasteiger partial charge in [-0.05, 0) is 25.0 Å². The Balaban J connectivity index is 2.05. The number of aromatic nitrogens is 1. The number of carbonyl (C=O) groups is 1. The minimum atomic E-state index is 0.0378. The van der Waals surface area contributed by atoms with Gasteiger partial charge < -0.3 is 9.80 Å². The first-order valence-corrected chi connectivity index (χ1v) is 10.1. The standard InChI is InChI=1S/C21H37N3O/c1-4-5-6-7-8-9-10-11-12-15-18-24(2,3)19-21(25)23-20-16-13-14-17-22-20/h13-14,16-17H,4-12,15,18-19H2,1-3H3/p+1. The number of nitrogens with zero attached hydrogens (tertiary/aromatic N) is 2. The van der Waals surface area contributed by atoms with E-state index in [1.54, 1.807) is 6.20 Å². The van der Waals surface area contributed by atoms with Crippen LogP contribution >= 0.6 is 0 Å². The fourth-order valence-corrected chi connectivity index (χ4v) is 3.11. The molecule has 0 saturated heterocycles. The first-order valence-electron chi connectivity index (χ1n) is 10.1. The topological polar surface area (TPSA) is 42.0 Å². The third kappa shape index (κ3) is 11.7. The number of anilines is 1. The van der Waals surface area contributed by atoms with E-state index in [4.69, 9.17) is 0 Å². The molecule has 25 heavy (non-hydrogen) atoms. The highest BCUT2D eigenvalue weighted by Gasteiger charge is 2.19. The number of amides is 1. The summed E-state index contributed by atoms with van der Waals surface area (Å²) in [5, 5.41) is 2.87. The van der Waals surface area contributed by atoms with Crippen LogP contribution in [0.2, 0.25) is 0 Å². The van der Waals surface area contributed by atoms with Crippen LogP contribution in [-0.2, 0) is 4.79 Å². The van der Waals surface area contributed by atoms with Crippen molar-refractivity contribution in [3.05, 3.63) is 24.4 Å². The molecule has 1 heterocycles. The summed E-state index contributed by atoms with van der Waals surface area (Å²) in [5.74, 6) is 0.669. The molecule has 0 radical (unpaired) electrons. The Morgan fingerprint density at radius 2 is 1.56 bits per heavy atom. The van der Waals surface area contributed by atoms with Crippen molar-refractivity contribution in [2.45, 2.75) is 71.1 Å². The summed E-state index contributed by atoms with van der Waals surface area (Å²) in [5.41, 5.74) is 0. The molecule has 1 aromatic rings. The van der Waals surface area contributed by atoms with Gasteiger partial charge in [0.05, 0.1) is 20.6 Å². The fraction of sp³-hybridized carbons (Fsp3) is 0.714. The van der Waals surface area contributed by atoms with E-state index < -0.39 is 0 Å². The Hall–Kier alpha value is -1.42. The van der Waals surface area contributed by atoms with E-state index in [9.17, 15) is 4.79 Å². The Morgan fingerprint density at radius 3 is 2.12 bits per heavy atom. The van der Waals surface area contributed by atoms with Gasteiger partial charge in [-0.15, -0.1) is 0 Å². The molecule has 0 atom stereocenters. The number of rotatable bonds is 14. The second-order valence-electron chi connectivity index (χ2n) is 7.76. The van der Waals surface area contributed by atoms with Gasteiger partial charge in [0.2, 0.25) is 0 Å². The minimum Gasteiger partial charge on any atom is -0.321 e. The predicted octanol–water partition coefficient (Wildman–Crippen LogP) is 5.02. The van der Waals surface area contributed by atoms with Crippen molar-refractivity contribution in [2.75, 3.05) is 32.5 Å². The maximum atomic E-state index is 12.1. The molecule has 0 aliphatic carbocycles. The third-order valence-corrected chi connectivity index (χ3v) is 4.62.